The molecule has 4 amide bonds. The molecule has 0 radical (unpaired) electrons. The first kappa shape index (κ1) is 67.2. The number of hydrogen-bond donors (Lipinski definition) is 3. The highest BCUT2D eigenvalue weighted by Crippen LogP contribution is 2.61. The minimum Gasteiger partial charge on any atom is -0.468 e. The van der Waals surface area contributed by atoms with E-state index in [2.05, 4.69) is 26.5 Å². The van der Waals surface area contributed by atoms with Crippen LogP contribution in [0.15, 0.2) is 66.2 Å². The number of hydrogen-bond acceptors (Lipinski definition) is 15. The average molecular weight is 1290 g/mol. The number of piperazine rings is 1. The number of alkyl halides is 2. The van der Waals surface area contributed by atoms with Gasteiger partial charge in [-0.05, 0) is 120 Å². The van der Waals surface area contributed by atoms with Crippen LogP contribution in [0.3, 0.4) is 0 Å². The fourth-order valence-corrected chi connectivity index (χ4v) is 14.1. The van der Waals surface area contributed by atoms with Crippen LogP contribution in [0.1, 0.15) is 123 Å². The summed E-state index contributed by atoms with van der Waals surface area (Å²) in [6.45, 7) is 15.0. The summed E-state index contributed by atoms with van der Waals surface area (Å²) in [7, 11) is 3.19. The van der Waals surface area contributed by atoms with Crippen molar-refractivity contribution in [2.24, 2.45) is 10.8 Å². The number of ether oxygens (including phenoxy) is 4. The molecule has 18 nitrogen and oxygen atoms in total. The summed E-state index contributed by atoms with van der Waals surface area (Å²) in [4.78, 5) is 76.5. The highest BCUT2D eigenvalue weighted by atomic mass is 32.1. The molecule has 2 aromatic heterocycles. The van der Waals surface area contributed by atoms with E-state index in [9.17, 15) is 24.3 Å². The standard InChI is InChI=1S/C69H83F4N9O9S/c1-12-43-18-17-19-45-28-48(90-40-88-11)30-49(54(43)45)55-51(70)31-50-57(56(55)71)77-63(78-60(50)80-33-46-25-26-67(9,36-80)82(46)64(87)91-66(6,7)8)89-38-68(35-69(68,72)73)37-79(10)27-16-14-13-15-20-53(84)76-59(65(3,4)5)62(86)81-34-47(83)29-52(81)61(85)74-32-42-21-23-44(24-22-42)58-41(2)75-39-92-58/h1,17-19,21-24,28,30-31,39,46-47,52,59,83H,13-16,20,25-27,29,32-38,40H2,2-11H3,(H,74,85)(H,76,84)/t46-,47-,52+,59-,67+,68-/m1/s1. The first-order valence-corrected chi connectivity index (χ1v) is 32.3. The summed E-state index contributed by atoms with van der Waals surface area (Å²) in [5, 5.41) is 17.5. The van der Waals surface area contributed by atoms with E-state index in [-0.39, 0.29) is 92.3 Å². The number of aliphatic hydroxyl groups is 1. The highest BCUT2D eigenvalue weighted by molar-refractivity contribution is 7.13. The van der Waals surface area contributed by atoms with Crippen molar-refractivity contribution < 1.29 is 60.8 Å². The van der Waals surface area contributed by atoms with Crippen molar-refractivity contribution in [3.63, 3.8) is 0 Å². The van der Waals surface area contributed by atoms with Gasteiger partial charge in [0, 0.05) is 81.0 Å². The van der Waals surface area contributed by atoms with Crippen LogP contribution in [0.4, 0.5) is 28.2 Å². The van der Waals surface area contributed by atoms with Crippen LogP contribution in [0.2, 0.25) is 0 Å². The average Bonchev–Trinajstić information content (AvgIpc) is 1.33. The number of β-amino-alcohol motifs (C(OH)–C–C–N with tert-alkyl or cyclic N) is 1. The molecule has 4 fully saturated rings. The maximum absolute atomic E-state index is 17.8. The monoisotopic (exact) mass is 1290 g/mol. The van der Waals surface area contributed by atoms with Crippen molar-refractivity contribution in [1.29, 1.82) is 0 Å². The number of fused-ring (bicyclic) bond motifs is 4. The Balaban J connectivity index is 0.786. The van der Waals surface area contributed by atoms with Crippen LogP contribution < -0.4 is 25.0 Å². The van der Waals surface area contributed by atoms with Gasteiger partial charge >= 0.3 is 12.1 Å². The van der Waals surface area contributed by atoms with Crippen LogP contribution in [0.5, 0.6) is 11.8 Å². The Morgan fingerprint density at radius 2 is 1.72 bits per heavy atom. The van der Waals surface area contributed by atoms with Gasteiger partial charge in [0.1, 0.15) is 47.2 Å². The van der Waals surface area contributed by atoms with E-state index in [0.717, 1.165) is 27.8 Å². The number of likely N-dealkylation sites (tertiary alicyclic amines) is 1. The first-order chi connectivity index (χ1) is 43.5. The van der Waals surface area contributed by atoms with Gasteiger partial charge in [-0.15, -0.1) is 17.8 Å². The van der Waals surface area contributed by atoms with Gasteiger partial charge in [0.15, 0.2) is 12.6 Å². The minimum absolute atomic E-state index is 0.00166. The quantitative estimate of drug-likeness (QED) is 0.0237. The Morgan fingerprint density at radius 3 is 2.38 bits per heavy atom. The second-order valence-electron chi connectivity index (χ2n) is 27.6. The molecule has 2 bridgehead atoms. The van der Waals surface area contributed by atoms with E-state index in [0.29, 0.717) is 61.4 Å². The Labute approximate surface area is 538 Å². The molecule has 6 atom stereocenters. The van der Waals surface area contributed by atoms with E-state index in [1.807, 2.05) is 68.7 Å². The van der Waals surface area contributed by atoms with Gasteiger partial charge < -0.3 is 49.4 Å². The third-order valence-electron chi connectivity index (χ3n) is 18.0. The summed E-state index contributed by atoms with van der Waals surface area (Å²) in [6, 6.07) is 14.6. The summed E-state index contributed by atoms with van der Waals surface area (Å²) in [5.74, 6) is -3.36. The molecule has 3 saturated heterocycles. The van der Waals surface area contributed by atoms with E-state index in [4.69, 9.17) is 30.4 Å². The van der Waals surface area contributed by atoms with Gasteiger partial charge in [-0.3, -0.25) is 19.3 Å². The Kier molecular flexibility index (Phi) is 19.6. The number of amides is 4. The lowest BCUT2D eigenvalue weighted by molar-refractivity contribution is -0.144. The second kappa shape index (κ2) is 26.8. The maximum Gasteiger partial charge on any atom is 0.411 e. The number of unbranched alkanes of at least 4 members (excludes halogenated alkanes) is 3. The number of methoxy groups -OCH3 is 1. The Hall–Kier alpha value is -7.65. The Morgan fingerprint density at radius 1 is 0.978 bits per heavy atom. The molecule has 4 aliphatic rings. The van der Waals surface area contributed by atoms with Crippen LogP contribution in [-0.2, 0) is 30.4 Å². The lowest BCUT2D eigenvalue weighted by Gasteiger charge is -2.47. The molecular formula is C69H83F4N9O9S. The number of aliphatic hydroxyl groups excluding tert-OH is 1. The van der Waals surface area contributed by atoms with E-state index < -0.39 is 100 Å². The number of nitrogens with one attached hydrogen (secondary N) is 2. The van der Waals surface area contributed by atoms with Crippen molar-refractivity contribution in [3.8, 4) is 45.7 Å². The molecule has 23 heteroatoms. The fourth-order valence-electron chi connectivity index (χ4n) is 13.3. The topological polar surface area (TPSA) is 201 Å². The SMILES string of the molecule is C#Cc1cccc2cc(OCOC)cc(-c3c(F)cc4c(N5C[C@H]6CC[C@@](C)(C5)N6C(=O)OC(C)(C)C)nc(OC[C@]5(CN(C)CCCCCCC(=O)N[C@H](C(=O)N6C[C@H](O)C[C@H]6C(=O)NCc6ccc(-c7scnc7C)cc6)C(C)(C)C)CC5(F)F)nc4c3F)c12. The number of terminal acetylenes is 1. The summed E-state index contributed by atoms with van der Waals surface area (Å²) in [6.07, 6.45) is 7.92. The fraction of sp³-hybridized carbons (Fsp3) is 0.522. The summed E-state index contributed by atoms with van der Waals surface area (Å²) in [5.41, 5.74) is 0.346. The molecule has 1 saturated carbocycles. The number of halogens is 4. The normalized spacial score (nSPS) is 21.4. The molecule has 3 aliphatic heterocycles. The molecule has 3 N–H and O–H groups in total. The molecule has 0 spiro atoms. The number of carbonyl (C=O) groups excluding carboxylic acids is 4. The van der Waals surface area contributed by atoms with Crippen molar-refractivity contribution >= 4 is 62.6 Å². The molecule has 6 aromatic rings. The van der Waals surface area contributed by atoms with Crippen LogP contribution >= 0.6 is 11.3 Å². The van der Waals surface area contributed by atoms with Crippen molar-refractivity contribution in [3.05, 3.63) is 94.6 Å². The van der Waals surface area contributed by atoms with Gasteiger partial charge in [0.25, 0.3) is 5.92 Å². The van der Waals surface area contributed by atoms with Crippen molar-refractivity contribution in [2.75, 3.05) is 65.2 Å². The van der Waals surface area contributed by atoms with Crippen LogP contribution in [0, 0.1) is 41.7 Å². The smallest absolute Gasteiger partial charge is 0.411 e. The van der Waals surface area contributed by atoms with Gasteiger partial charge in [-0.1, -0.05) is 75.9 Å². The lowest BCUT2D eigenvalue weighted by Crippen LogP contribution is -2.63. The predicted molar refractivity (Wildman–Crippen MR) is 344 cm³/mol. The van der Waals surface area contributed by atoms with E-state index in [1.165, 1.54) is 18.1 Å². The van der Waals surface area contributed by atoms with Gasteiger partial charge in [-0.25, -0.2) is 27.3 Å². The van der Waals surface area contributed by atoms with Gasteiger partial charge in [0.05, 0.1) is 44.7 Å². The minimum atomic E-state index is -3.13. The number of carbonyl (C=O) groups is 4. The van der Waals surface area contributed by atoms with E-state index >= 15 is 17.6 Å². The molecule has 10 rings (SSSR count). The first-order valence-electron chi connectivity index (χ1n) is 31.4. The van der Waals surface area contributed by atoms with Crippen molar-refractivity contribution in [1.82, 2.24) is 40.3 Å². The second-order valence-corrected chi connectivity index (χ2v) is 28.4. The number of rotatable bonds is 23. The zero-order valence-corrected chi connectivity index (χ0v) is 54.8. The molecule has 92 heavy (non-hydrogen) atoms. The van der Waals surface area contributed by atoms with Gasteiger partial charge in [-0.2, -0.15) is 9.97 Å². The maximum atomic E-state index is 17.8. The zero-order chi connectivity index (χ0) is 66.2. The third-order valence-corrected chi connectivity index (χ3v) is 19.0. The predicted octanol–water partition coefficient (Wildman–Crippen LogP) is 11.2. The van der Waals surface area contributed by atoms with Crippen molar-refractivity contribution in [2.45, 2.75) is 161 Å². The number of thiazole rings is 1. The third kappa shape index (κ3) is 14.4. The number of aryl methyl sites for hydroxylation is 1. The van der Waals surface area contributed by atoms with E-state index in [1.54, 1.807) is 73.8 Å². The molecule has 492 valence electrons. The largest absolute Gasteiger partial charge is 0.468 e. The number of nitrogens with zero attached hydrogens (tertiary/aromatic N) is 7. The molecule has 0 unspecified atom stereocenters. The lowest BCUT2D eigenvalue weighted by atomic mass is 9.85. The molecule has 5 heterocycles. The summed E-state index contributed by atoms with van der Waals surface area (Å²) >= 11 is 1.55. The van der Waals surface area contributed by atoms with Crippen LogP contribution in [-0.4, -0.2) is 160 Å². The number of benzene rings is 4. The number of aromatic nitrogens is 3. The highest BCUT2D eigenvalue weighted by Gasteiger charge is 2.72. The van der Waals surface area contributed by atoms with Gasteiger partial charge in [0.2, 0.25) is 17.7 Å². The molecular weight excluding hydrogens is 1210 g/mol. The Bertz CT molecular complexity index is 3800. The zero-order valence-electron chi connectivity index (χ0n) is 54.0. The summed E-state index contributed by atoms with van der Waals surface area (Å²) < 4.78 is 89.5. The molecule has 4 aromatic carbocycles. The number of anilines is 1. The molecule has 1 aliphatic carbocycles. The van der Waals surface area contributed by atoms with Crippen LogP contribution in [0.25, 0.3) is 43.2 Å².